The summed E-state index contributed by atoms with van der Waals surface area (Å²) in [6.07, 6.45) is 1.93. The molecule has 1 atom stereocenters. The van der Waals surface area contributed by atoms with E-state index in [1.165, 1.54) is 0 Å². The number of aryl methyl sites for hydroxylation is 1. The summed E-state index contributed by atoms with van der Waals surface area (Å²) in [6.45, 7) is 2.13. The Balaban J connectivity index is 1.67. The summed E-state index contributed by atoms with van der Waals surface area (Å²) in [6, 6.07) is 13.6. The lowest BCUT2D eigenvalue weighted by molar-refractivity contribution is -0.121. The maximum Gasteiger partial charge on any atom is 0.221 e. The summed E-state index contributed by atoms with van der Waals surface area (Å²) in [5, 5.41) is 9.61. The quantitative estimate of drug-likeness (QED) is 0.733. The van der Waals surface area contributed by atoms with Crippen molar-refractivity contribution in [3.8, 4) is 0 Å². The number of benzene rings is 1. The van der Waals surface area contributed by atoms with Gasteiger partial charge >= 0.3 is 0 Å². The number of furan rings is 1. The van der Waals surface area contributed by atoms with Crippen LogP contribution in [0.25, 0.3) is 0 Å². The van der Waals surface area contributed by atoms with E-state index in [1.54, 1.807) is 6.26 Å². The number of amides is 1. The van der Waals surface area contributed by atoms with Crippen molar-refractivity contribution in [2.24, 2.45) is 0 Å². The molecule has 3 rings (SSSR count). The van der Waals surface area contributed by atoms with Crippen molar-refractivity contribution in [1.29, 1.82) is 0 Å². The molecule has 0 aliphatic heterocycles. The SMILES string of the molecule is Cc1nc(CNC(=O)CC(c2ccccc2)c2ccco2)n[nH]1. The van der Waals surface area contributed by atoms with Crippen LogP contribution in [0.4, 0.5) is 0 Å². The molecule has 0 bridgehead atoms. The van der Waals surface area contributed by atoms with Crippen LogP contribution in [-0.2, 0) is 11.3 Å². The third kappa shape index (κ3) is 3.85. The number of hydrogen-bond donors (Lipinski definition) is 2. The van der Waals surface area contributed by atoms with E-state index in [-0.39, 0.29) is 11.8 Å². The van der Waals surface area contributed by atoms with Gasteiger partial charge in [-0.1, -0.05) is 30.3 Å². The molecule has 0 spiro atoms. The number of carbonyl (C=O) groups is 1. The molecule has 0 aliphatic carbocycles. The van der Waals surface area contributed by atoms with Crippen LogP contribution < -0.4 is 5.32 Å². The minimum Gasteiger partial charge on any atom is -0.469 e. The minimum absolute atomic E-state index is 0.0716. The van der Waals surface area contributed by atoms with Gasteiger partial charge in [0, 0.05) is 6.42 Å². The predicted molar refractivity (Wildman–Crippen MR) is 84.6 cm³/mol. The lowest BCUT2D eigenvalue weighted by Gasteiger charge is -2.14. The first-order valence-electron chi connectivity index (χ1n) is 7.45. The summed E-state index contributed by atoms with van der Waals surface area (Å²) in [5.74, 6) is 1.90. The van der Waals surface area contributed by atoms with Crippen LogP contribution in [0, 0.1) is 6.92 Å². The highest BCUT2D eigenvalue weighted by atomic mass is 16.3. The topological polar surface area (TPSA) is 83.8 Å². The third-order valence-electron chi connectivity index (χ3n) is 3.57. The molecule has 0 radical (unpaired) electrons. The summed E-state index contributed by atoms with van der Waals surface area (Å²) in [4.78, 5) is 16.5. The number of nitrogens with zero attached hydrogens (tertiary/aromatic N) is 2. The summed E-state index contributed by atoms with van der Waals surface area (Å²) in [5.41, 5.74) is 1.05. The summed E-state index contributed by atoms with van der Waals surface area (Å²) in [7, 11) is 0. The lowest BCUT2D eigenvalue weighted by atomic mass is 9.93. The van der Waals surface area contributed by atoms with Gasteiger partial charge in [-0.25, -0.2) is 4.98 Å². The minimum atomic E-state index is -0.111. The largest absolute Gasteiger partial charge is 0.469 e. The van der Waals surface area contributed by atoms with Gasteiger partial charge in [0.1, 0.15) is 11.6 Å². The van der Waals surface area contributed by atoms with Crippen LogP contribution in [-0.4, -0.2) is 21.1 Å². The fourth-order valence-electron chi connectivity index (χ4n) is 2.46. The van der Waals surface area contributed by atoms with Crippen LogP contribution in [0.15, 0.2) is 53.1 Å². The van der Waals surface area contributed by atoms with Crippen molar-refractivity contribution in [2.75, 3.05) is 0 Å². The zero-order valence-corrected chi connectivity index (χ0v) is 12.8. The molecule has 0 fully saturated rings. The zero-order valence-electron chi connectivity index (χ0n) is 12.8. The smallest absolute Gasteiger partial charge is 0.221 e. The van der Waals surface area contributed by atoms with Crippen LogP contribution in [0.5, 0.6) is 0 Å². The number of nitrogens with one attached hydrogen (secondary N) is 2. The summed E-state index contributed by atoms with van der Waals surface area (Å²) < 4.78 is 5.51. The number of aromatic nitrogens is 3. The first-order valence-corrected chi connectivity index (χ1v) is 7.45. The van der Waals surface area contributed by atoms with Gasteiger partial charge in [0.25, 0.3) is 0 Å². The van der Waals surface area contributed by atoms with Crippen molar-refractivity contribution in [2.45, 2.75) is 25.8 Å². The molecule has 1 unspecified atom stereocenters. The van der Waals surface area contributed by atoms with Crippen molar-refractivity contribution < 1.29 is 9.21 Å². The molecule has 118 valence electrons. The molecule has 2 N–H and O–H groups in total. The highest BCUT2D eigenvalue weighted by Gasteiger charge is 2.20. The molecular weight excluding hydrogens is 292 g/mol. The Labute approximate surface area is 133 Å². The van der Waals surface area contributed by atoms with Crippen LogP contribution in [0.2, 0.25) is 0 Å². The number of aromatic amines is 1. The average molecular weight is 310 g/mol. The second-order valence-corrected chi connectivity index (χ2v) is 5.30. The van der Waals surface area contributed by atoms with Gasteiger partial charge in [-0.2, -0.15) is 5.10 Å². The van der Waals surface area contributed by atoms with E-state index in [2.05, 4.69) is 20.5 Å². The van der Waals surface area contributed by atoms with E-state index in [0.717, 1.165) is 17.1 Å². The number of rotatable bonds is 6. The highest BCUT2D eigenvalue weighted by Crippen LogP contribution is 2.28. The maximum absolute atomic E-state index is 12.3. The highest BCUT2D eigenvalue weighted by molar-refractivity contribution is 5.77. The van der Waals surface area contributed by atoms with Crippen LogP contribution in [0.3, 0.4) is 0 Å². The Morgan fingerprint density at radius 2 is 2.09 bits per heavy atom. The molecule has 2 aromatic heterocycles. The molecule has 0 aliphatic rings. The molecule has 0 saturated carbocycles. The van der Waals surface area contributed by atoms with E-state index >= 15 is 0 Å². The van der Waals surface area contributed by atoms with Gasteiger partial charge in [0.2, 0.25) is 5.91 Å². The molecule has 0 saturated heterocycles. The van der Waals surface area contributed by atoms with Gasteiger partial charge in [-0.15, -0.1) is 0 Å². The van der Waals surface area contributed by atoms with Crippen LogP contribution in [0.1, 0.15) is 35.3 Å². The molecule has 3 aromatic rings. The second kappa shape index (κ2) is 6.91. The monoisotopic (exact) mass is 310 g/mol. The van der Waals surface area contributed by atoms with Gasteiger partial charge in [0.05, 0.1) is 18.7 Å². The average Bonchev–Trinajstić information content (AvgIpc) is 3.23. The van der Waals surface area contributed by atoms with E-state index in [4.69, 9.17) is 4.42 Å². The van der Waals surface area contributed by atoms with Gasteiger partial charge in [-0.3, -0.25) is 9.89 Å². The second-order valence-electron chi connectivity index (χ2n) is 5.30. The fraction of sp³-hybridized carbons (Fsp3) is 0.235. The maximum atomic E-state index is 12.3. The predicted octanol–water partition coefficient (Wildman–Crippen LogP) is 2.54. The standard InChI is InChI=1S/C17H18N4O2/c1-12-19-16(21-20-12)11-18-17(22)10-14(15-8-5-9-23-15)13-6-3-2-4-7-13/h2-9,14H,10-11H2,1H3,(H,18,22)(H,19,20,21). The number of hydrogen-bond acceptors (Lipinski definition) is 4. The normalized spacial score (nSPS) is 12.0. The molecule has 6 heteroatoms. The van der Waals surface area contributed by atoms with E-state index in [1.807, 2.05) is 49.4 Å². The first-order chi connectivity index (χ1) is 11.2. The zero-order chi connectivity index (χ0) is 16.1. The number of carbonyl (C=O) groups excluding carboxylic acids is 1. The molecule has 1 amide bonds. The van der Waals surface area contributed by atoms with Gasteiger partial charge in [0.15, 0.2) is 5.82 Å². The Morgan fingerprint density at radius 1 is 1.26 bits per heavy atom. The van der Waals surface area contributed by atoms with E-state index < -0.39 is 0 Å². The molecular formula is C17H18N4O2. The van der Waals surface area contributed by atoms with Crippen molar-refractivity contribution >= 4 is 5.91 Å². The molecule has 1 aromatic carbocycles. The lowest BCUT2D eigenvalue weighted by Crippen LogP contribution is -2.25. The number of H-pyrrole nitrogens is 1. The molecule has 6 nitrogen and oxygen atoms in total. The van der Waals surface area contributed by atoms with E-state index in [9.17, 15) is 4.79 Å². The van der Waals surface area contributed by atoms with Crippen LogP contribution >= 0.6 is 0 Å². The first kappa shape index (κ1) is 15.0. The molecule has 23 heavy (non-hydrogen) atoms. The van der Waals surface area contributed by atoms with E-state index in [0.29, 0.717) is 18.8 Å². The molecule has 2 heterocycles. The van der Waals surface area contributed by atoms with Crippen molar-refractivity contribution in [3.05, 3.63) is 71.7 Å². The Hall–Kier alpha value is -2.89. The Bertz CT molecular complexity index is 750. The Kier molecular flexibility index (Phi) is 4.52. The van der Waals surface area contributed by atoms with Crippen molar-refractivity contribution in [3.63, 3.8) is 0 Å². The van der Waals surface area contributed by atoms with Crippen molar-refractivity contribution in [1.82, 2.24) is 20.5 Å². The third-order valence-corrected chi connectivity index (χ3v) is 3.57. The summed E-state index contributed by atoms with van der Waals surface area (Å²) >= 11 is 0. The van der Waals surface area contributed by atoms with Gasteiger partial charge in [-0.05, 0) is 24.6 Å². The fourth-order valence-corrected chi connectivity index (χ4v) is 2.46. The Morgan fingerprint density at radius 3 is 2.74 bits per heavy atom. The van der Waals surface area contributed by atoms with Gasteiger partial charge < -0.3 is 9.73 Å².